The second-order valence-corrected chi connectivity index (χ2v) is 2.99. The Morgan fingerprint density at radius 1 is 1.83 bits per heavy atom. The third-order valence-corrected chi connectivity index (χ3v) is 1.92. The van der Waals surface area contributed by atoms with Crippen LogP contribution in [0.25, 0.3) is 0 Å². The van der Waals surface area contributed by atoms with Crippen molar-refractivity contribution in [2.24, 2.45) is 21.9 Å². The first-order valence-electron chi connectivity index (χ1n) is 4.27. The SMILES string of the molecule is CC/C(=N/N)C1=NC[C@H](C)C=C1. The van der Waals surface area contributed by atoms with Gasteiger partial charge in [-0.3, -0.25) is 4.99 Å². The van der Waals surface area contributed by atoms with Gasteiger partial charge in [-0.05, 0) is 18.4 Å². The Labute approximate surface area is 73.1 Å². The van der Waals surface area contributed by atoms with Crippen LogP contribution in [0.1, 0.15) is 20.3 Å². The molecule has 0 spiro atoms. The van der Waals surface area contributed by atoms with E-state index in [1.807, 2.05) is 13.0 Å². The van der Waals surface area contributed by atoms with Crippen LogP contribution in [-0.4, -0.2) is 18.0 Å². The molecule has 0 unspecified atom stereocenters. The molecule has 0 radical (unpaired) electrons. The Kier molecular flexibility index (Phi) is 3.02. The van der Waals surface area contributed by atoms with Gasteiger partial charge in [0.25, 0.3) is 0 Å². The predicted octanol–water partition coefficient (Wildman–Crippen LogP) is 1.36. The molecule has 0 fully saturated rings. The summed E-state index contributed by atoms with van der Waals surface area (Å²) in [5.74, 6) is 5.77. The Balaban J connectivity index is 2.72. The molecule has 66 valence electrons. The standard InChI is InChI=1S/C9H15N3/c1-3-8(12-10)9-5-4-7(2)6-11-9/h4-5,7H,3,6,10H2,1-2H3/b12-8-/t7-/m1/s1. The average molecular weight is 165 g/mol. The van der Waals surface area contributed by atoms with Gasteiger partial charge in [0, 0.05) is 6.54 Å². The number of allylic oxidation sites excluding steroid dienone is 1. The summed E-state index contributed by atoms with van der Waals surface area (Å²) in [5.41, 5.74) is 1.83. The molecular formula is C9H15N3. The summed E-state index contributed by atoms with van der Waals surface area (Å²) in [7, 11) is 0. The zero-order valence-corrected chi connectivity index (χ0v) is 7.62. The first-order chi connectivity index (χ1) is 5.77. The van der Waals surface area contributed by atoms with Gasteiger partial charge in [0.1, 0.15) is 0 Å². The van der Waals surface area contributed by atoms with Crippen molar-refractivity contribution in [1.82, 2.24) is 0 Å². The van der Waals surface area contributed by atoms with Crippen LogP contribution < -0.4 is 5.84 Å². The number of dihydropyridines is 1. The molecule has 1 rings (SSSR count). The molecule has 3 heteroatoms. The van der Waals surface area contributed by atoms with Crippen LogP contribution in [0.3, 0.4) is 0 Å². The molecular weight excluding hydrogens is 150 g/mol. The summed E-state index contributed by atoms with van der Waals surface area (Å²) in [6.45, 7) is 5.02. The maximum atomic E-state index is 5.22. The minimum Gasteiger partial charge on any atom is -0.323 e. The molecule has 1 heterocycles. The molecule has 0 aliphatic carbocycles. The lowest BCUT2D eigenvalue weighted by atomic mass is 10.1. The molecule has 1 aliphatic rings. The van der Waals surface area contributed by atoms with Gasteiger partial charge < -0.3 is 5.84 Å². The van der Waals surface area contributed by atoms with Gasteiger partial charge in [-0.25, -0.2) is 0 Å². The number of aliphatic imine (C=N–C) groups is 1. The van der Waals surface area contributed by atoms with Crippen molar-refractivity contribution in [2.45, 2.75) is 20.3 Å². The van der Waals surface area contributed by atoms with Gasteiger partial charge in [0.15, 0.2) is 0 Å². The molecule has 0 aromatic rings. The van der Waals surface area contributed by atoms with Crippen LogP contribution in [0.5, 0.6) is 0 Å². The number of hydrogen-bond acceptors (Lipinski definition) is 3. The first kappa shape index (κ1) is 8.97. The molecule has 12 heavy (non-hydrogen) atoms. The highest BCUT2D eigenvalue weighted by molar-refractivity contribution is 6.46. The van der Waals surface area contributed by atoms with E-state index in [1.165, 1.54) is 0 Å². The quantitative estimate of drug-likeness (QED) is 0.375. The van der Waals surface area contributed by atoms with E-state index < -0.39 is 0 Å². The summed E-state index contributed by atoms with van der Waals surface area (Å²) in [6.07, 6.45) is 4.99. The van der Waals surface area contributed by atoms with Gasteiger partial charge in [0.05, 0.1) is 11.4 Å². The Bertz CT molecular complexity index is 238. The van der Waals surface area contributed by atoms with Crippen molar-refractivity contribution in [2.75, 3.05) is 6.54 Å². The summed E-state index contributed by atoms with van der Waals surface area (Å²) in [6, 6.07) is 0. The third-order valence-electron chi connectivity index (χ3n) is 1.92. The lowest BCUT2D eigenvalue weighted by Gasteiger charge is -2.11. The molecule has 0 saturated carbocycles. The van der Waals surface area contributed by atoms with Crippen molar-refractivity contribution in [3.05, 3.63) is 12.2 Å². The van der Waals surface area contributed by atoms with Crippen LogP contribution in [0, 0.1) is 5.92 Å². The lowest BCUT2D eigenvalue weighted by Crippen LogP contribution is -2.17. The largest absolute Gasteiger partial charge is 0.323 e. The minimum absolute atomic E-state index is 0.546. The zero-order valence-electron chi connectivity index (χ0n) is 7.62. The van der Waals surface area contributed by atoms with Crippen LogP contribution in [0.15, 0.2) is 22.2 Å². The number of nitrogens with zero attached hydrogens (tertiary/aromatic N) is 2. The first-order valence-corrected chi connectivity index (χ1v) is 4.27. The lowest BCUT2D eigenvalue weighted by molar-refractivity contribution is 0.735. The number of hydrazone groups is 1. The Morgan fingerprint density at radius 2 is 2.58 bits per heavy atom. The van der Waals surface area contributed by atoms with Gasteiger partial charge in [-0.1, -0.05) is 19.9 Å². The monoisotopic (exact) mass is 165 g/mol. The van der Waals surface area contributed by atoms with E-state index in [4.69, 9.17) is 5.84 Å². The van der Waals surface area contributed by atoms with Crippen LogP contribution in [-0.2, 0) is 0 Å². The fourth-order valence-corrected chi connectivity index (χ4v) is 1.14. The highest BCUT2D eigenvalue weighted by atomic mass is 15.1. The zero-order chi connectivity index (χ0) is 8.97. The Morgan fingerprint density at radius 3 is 3.00 bits per heavy atom. The topological polar surface area (TPSA) is 50.7 Å². The highest BCUT2D eigenvalue weighted by Gasteiger charge is 2.08. The highest BCUT2D eigenvalue weighted by Crippen LogP contribution is 2.06. The van der Waals surface area contributed by atoms with E-state index in [0.717, 1.165) is 24.4 Å². The van der Waals surface area contributed by atoms with Crippen LogP contribution in [0.4, 0.5) is 0 Å². The molecule has 0 aromatic carbocycles. The molecule has 0 aromatic heterocycles. The number of hydrogen-bond donors (Lipinski definition) is 1. The maximum Gasteiger partial charge on any atom is 0.0849 e. The van der Waals surface area contributed by atoms with Crippen LogP contribution in [0.2, 0.25) is 0 Å². The minimum atomic E-state index is 0.546. The number of rotatable bonds is 2. The normalized spacial score (nSPS) is 24.0. The van der Waals surface area contributed by atoms with Crippen molar-refractivity contribution in [1.29, 1.82) is 0 Å². The summed E-state index contributed by atoms with van der Waals surface area (Å²) in [5, 5.41) is 3.69. The van der Waals surface area contributed by atoms with Crippen molar-refractivity contribution < 1.29 is 0 Å². The van der Waals surface area contributed by atoms with E-state index in [9.17, 15) is 0 Å². The van der Waals surface area contributed by atoms with Gasteiger partial charge in [0.2, 0.25) is 0 Å². The van der Waals surface area contributed by atoms with E-state index in [2.05, 4.69) is 23.1 Å². The molecule has 1 aliphatic heterocycles. The molecule has 0 saturated heterocycles. The van der Waals surface area contributed by atoms with E-state index in [-0.39, 0.29) is 0 Å². The molecule has 2 N–H and O–H groups in total. The van der Waals surface area contributed by atoms with E-state index >= 15 is 0 Å². The van der Waals surface area contributed by atoms with Gasteiger partial charge in [-0.2, -0.15) is 5.10 Å². The molecule has 0 bridgehead atoms. The van der Waals surface area contributed by atoms with E-state index in [0.29, 0.717) is 5.92 Å². The van der Waals surface area contributed by atoms with Gasteiger partial charge >= 0.3 is 0 Å². The van der Waals surface area contributed by atoms with E-state index in [1.54, 1.807) is 0 Å². The van der Waals surface area contributed by atoms with Crippen molar-refractivity contribution >= 4 is 11.4 Å². The average Bonchev–Trinajstić information content (AvgIpc) is 2.10. The molecule has 0 amide bonds. The van der Waals surface area contributed by atoms with Gasteiger partial charge in [-0.15, -0.1) is 0 Å². The fraction of sp³-hybridized carbons (Fsp3) is 0.556. The summed E-state index contributed by atoms with van der Waals surface area (Å²) in [4.78, 5) is 4.37. The summed E-state index contributed by atoms with van der Waals surface area (Å²) < 4.78 is 0. The van der Waals surface area contributed by atoms with Crippen molar-refractivity contribution in [3.8, 4) is 0 Å². The molecule has 3 nitrogen and oxygen atoms in total. The smallest absolute Gasteiger partial charge is 0.0849 e. The molecule has 1 atom stereocenters. The second kappa shape index (κ2) is 4.04. The van der Waals surface area contributed by atoms with Crippen LogP contribution >= 0.6 is 0 Å². The summed E-state index contributed by atoms with van der Waals surface area (Å²) >= 11 is 0. The fourth-order valence-electron chi connectivity index (χ4n) is 1.14. The maximum absolute atomic E-state index is 5.22. The second-order valence-electron chi connectivity index (χ2n) is 2.99. The third kappa shape index (κ3) is 1.94. The predicted molar refractivity (Wildman–Crippen MR) is 52.5 cm³/mol. The van der Waals surface area contributed by atoms with Crippen molar-refractivity contribution in [3.63, 3.8) is 0 Å². The Hall–Kier alpha value is -1.12. The number of nitrogens with two attached hydrogens (primary N) is 1.